The predicted molar refractivity (Wildman–Crippen MR) is 83.7 cm³/mol. The molecule has 0 heterocycles. The third-order valence-corrected chi connectivity index (χ3v) is 6.04. The SMILES string of the molecule is CCCO[Si](CC)(OCCC)OC(CC)CCCCF. The molecule has 0 rings (SSSR count). The van der Waals surface area contributed by atoms with E-state index in [0.29, 0.717) is 19.6 Å². The molecule has 0 saturated carbocycles. The third kappa shape index (κ3) is 8.34. The molecule has 20 heavy (non-hydrogen) atoms. The number of unbranched alkanes of at least 4 members (excludes halogenated alkanes) is 1. The first-order valence-electron chi connectivity index (χ1n) is 8.19. The Bertz CT molecular complexity index is 209. The summed E-state index contributed by atoms with van der Waals surface area (Å²) in [6.07, 6.45) is 5.35. The van der Waals surface area contributed by atoms with Gasteiger partial charge in [0.05, 0.1) is 6.67 Å². The van der Waals surface area contributed by atoms with Crippen molar-refractivity contribution in [3.63, 3.8) is 0 Å². The molecular weight excluding hydrogens is 275 g/mol. The summed E-state index contributed by atoms with van der Waals surface area (Å²) in [4.78, 5) is 0. The molecule has 1 unspecified atom stereocenters. The minimum Gasteiger partial charge on any atom is -0.373 e. The lowest BCUT2D eigenvalue weighted by Gasteiger charge is -2.32. The Kier molecular flexibility index (Phi) is 12.8. The van der Waals surface area contributed by atoms with Crippen LogP contribution in [0.4, 0.5) is 4.39 Å². The normalized spacial score (nSPS) is 13.7. The van der Waals surface area contributed by atoms with Crippen molar-refractivity contribution >= 4 is 8.80 Å². The molecule has 0 aromatic rings. The molecule has 0 aliphatic heterocycles. The average Bonchev–Trinajstić information content (AvgIpc) is 2.49. The Labute approximate surface area is 125 Å². The lowest BCUT2D eigenvalue weighted by molar-refractivity contribution is 0.0222. The van der Waals surface area contributed by atoms with Crippen molar-refractivity contribution in [2.45, 2.75) is 78.4 Å². The summed E-state index contributed by atoms with van der Waals surface area (Å²) in [7, 11) is -2.55. The summed E-state index contributed by atoms with van der Waals surface area (Å²) in [5, 5.41) is 0. The number of rotatable bonds is 14. The van der Waals surface area contributed by atoms with Gasteiger partial charge in [0.2, 0.25) is 0 Å². The minimum atomic E-state index is -2.55. The highest BCUT2D eigenvalue weighted by atomic mass is 28.4. The summed E-state index contributed by atoms with van der Waals surface area (Å²) in [6.45, 7) is 9.49. The fourth-order valence-corrected chi connectivity index (χ4v) is 4.60. The topological polar surface area (TPSA) is 27.7 Å². The van der Waals surface area contributed by atoms with E-state index in [1.54, 1.807) is 0 Å². The van der Waals surface area contributed by atoms with E-state index in [1.807, 2.05) is 0 Å². The summed E-state index contributed by atoms with van der Waals surface area (Å²) in [5.74, 6) is 0. The largest absolute Gasteiger partial charge is 0.500 e. The lowest BCUT2D eigenvalue weighted by Crippen LogP contribution is -2.48. The van der Waals surface area contributed by atoms with E-state index >= 15 is 0 Å². The molecule has 1 atom stereocenters. The monoisotopic (exact) mass is 308 g/mol. The zero-order valence-corrected chi connectivity index (χ0v) is 14.8. The van der Waals surface area contributed by atoms with Crippen molar-refractivity contribution in [2.75, 3.05) is 19.9 Å². The smallest absolute Gasteiger partial charge is 0.373 e. The molecule has 0 saturated heterocycles. The van der Waals surface area contributed by atoms with Gasteiger partial charge in [0.15, 0.2) is 0 Å². The van der Waals surface area contributed by atoms with E-state index in [2.05, 4.69) is 27.7 Å². The van der Waals surface area contributed by atoms with Crippen LogP contribution in [0.1, 0.15) is 66.2 Å². The molecule has 0 spiro atoms. The van der Waals surface area contributed by atoms with Crippen molar-refractivity contribution in [1.29, 1.82) is 0 Å². The highest BCUT2D eigenvalue weighted by Crippen LogP contribution is 2.22. The van der Waals surface area contributed by atoms with Gasteiger partial charge in [0, 0.05) is 25.4 Å². The first kappa shape index (κ1) is 20.0. The van der Waals surface area contributed by atoms with Crippen LogP contribution in [-0.2, 0) is 13.3 Å². The fraction of sp³-hybridized carbons (Fsp3) is 1.00. The van der Waals surface area contributed by atoms with Gasteiger partial charge in [-0.25, -0.2) is 0 Å². The second kappa shape index (κ2) is 12.7. The molecule has 0 fully saturated rings. The van der Waals surface area contributed by atoms with Crippen LogP contribution in [0.25, 0.3) is 0 Å². The molecule has 0 aliphatic carbocycles. The quantitative estimate of drug-likeness (QED) is 0.343. The van der Waals surface area contributed by atoms with E-state index in [9.17, 15) is 4.39 Å². The molecule has 3 nitrogen and oxygen atoms in total. The van der Waals surface area contributed by atoms with Crippen molar-refractivity contribution < 1.29 is 17.7 Å². The number of halogens is 1. The Morgan fingerprint density at radius 3 is 1.95 bits per heavy atom. The molecule has 0 amide bonds. The maximum atomic E-state index is 12.2. The Morgan fingerprint density at radius 1 is 0.950 bits per heavy atom. The number of alkyl halides is 1. The van der Waals surface area contributed by atoms with Gasteiger partial charge >= 0.3 is 8.80 Å². The second-order valence-corrected chi connectivity index (χ2v) is 7.95. The van der Waals surface area contributed by atoms with E-state index < -0.39 is 8.80 Å². The average molecular weight is 309 g/mol. The van der Waals surface area contributed by atoms with Gasteiger partial charge in [-0.2, -0.15) is 0 Å². The van der Waals surface area contributed by atoms with Gasteiger partial charge in [-0.3, -0.25) is 4.39 Å². The lowest BCUT2D eigenvalue weighted by atomic mass is 10.1. The fourth-order valence-electron chi connectivity index (χ4n) is 1.98. The van der Waals surface area contributed by atoms with E-state index in [4.69, 9.17) is 13.3 Å². The second-order valence-electron chi connectivity index (χ2n) is 5.07. The first-order valence-corrected chi connectivity index (χ1v) is 10.1. The first-order chi connectivity index (χ1) is 9.67. The Balaban J connectivity index is 4.53. The molecule has 0 aliphatic rings. The summed E-state index contributed by atoms with van der Waals surface area (Å²) in [6, 6.07) is 0.798. The zero-order chi connectivity index (χ0) is 15.3. The van der Waals surface area contributed by atoms with Gasteiger partial charge in [0.25, 0.3) is 0 Å². The molecule has 0 aromatic carbocycles. The van der Waals surface area contributed by atoms with Gasteiger partial charge < -0.3 is 13.3 Å². The summed E-state index contributed by atoms with van der Waals surface area (Å²) in [5.41, 5.74) is 0. The van der Waals surface area contributed by atoms with Gasteiger partial charge in [-0.1, -0.05) is 27.7 Å². The molecule has 5 heteroatoms. The Hall–Kier alpha value is 0.0269. The van der Waals surface area contributed by atoms with Gasteiger partial charge in [-0.15, -0.1) is 0 Å². The van der Waals surface area contributed by atoms with E-state index in [-0.39, 0.29) is 12.8 Å². The highest BCUT2D eigenvalue weighted by molar-refractivity contribution is 6.60. The van der Waals surface area contributed by atoms with Gasteiger partial charge in [-0.05, 0) is 38.5 Å². The highest BCUT2D eigenvalue weighted by Gasteiger charge is 2.40. The zero-order valence-electron chi connectivity index (χ0n) is 13.8. The Morgan fingerprint density at radius 2 is 1.55 bits per heavy atom. The van der Waals surface area contributed by atoms with Crippen LogP contribution < -0.4 is 0 Å². The van der Waals surface area contributed by atoms with Crippen molar-refractivity contribution in [2.24, 2.45) is 0 Å². The maximum Gasteiger partial charge on any atom is 0.500 e. The van der Waals surface area contributed by atoms with Crippen molar-refractivity contribution in [3.8, 4) is 0 Å². The van der Waals surface area contributed by atoms with Crippen LogP contribution in [0, 0.1) is 0 Å². The summed E-state index contributed by atoms with van der Waals surface area (Å²) < 4.78 is 30.4. The maximum absolute atomic E-state index is 12.2. The summed E-state index contributed by atoms with van der Waals surface area (Å²) >= 11 is 0. The number of hydrogen-bond donors (Lipinski definition) is 0. The molecule has 122 valence electrons. The molecule has 0 bridgehead atoms. The van der Waals surface area contributed by atoms with Crippen LogP contribution in [0.15, 0.2) is 0 Å². The van der Waals surface area contributed by atoms with Gasteiger partial charge in [0.1, 0.15) is 0 Å². The van der Waals surface area contributed by atoms with Crippen LogP contribution in [0.5, 0.6) is 0 Å². The van der Waals surface area contributed by atoms with Crippen molar-refractivity contribution in [1.82, 2.24) is 0 Å². The third-order valence-electron chi connectivity index (χ3n) is 3.20. The molecule has 0 radical (unpaired) electrons. The van der Waals surface area contributed by atoms with E-state index in [1.165, 1.54) is 0 Å². The van der Waals surface area contributed by atoms with Crippen molar-refractivity contribution in [3.05, 3.63) is 0 Å². The van der Waals surface area contributed by atoms with E-state index in [0.717, 1.165) is 38.1 Å². The van der Waals surface area contributed by atoms with Crippen LogP contribution >= 0.6 is 0 Å². The van der Waals surface area contributed by atoms with Crippen LogP contribution in [-0.4, -0.2) is 34.8 Å². The molecule has 0 N–H and O–H groups in total. The van der Waals surface area contributed by atoms with Crippen LogP contribution in [0.3, 0.4) is 0 Å². The van der Waals surface area contributed by atoms with Crippen LogP contribution in [0.2, 0.25) is 6.04 Å². The molecule has 0 aromatic heterocycles. The minimum absolute atomic E-state index is 0.127. The number of hydrogen-bond acceptors (Lipinski definition) is 3. The predicted octanol–water partition coefficient (Wildman–Crippen LogP) is 4.73. The molecular formula is C15H33FO3Si. The standard InChI is InChI=1S/C15H33FO3Si/c1-5-13-17-20(8-4,18-14-6-2)19-15(7-3)11-9-10-12-16/h15H,5-14H2,1-4H3.